The first kappa shape index (κ1) is 15.3. The Labute approximate surface area is 114 Å². The van der Waals surface area contributed by atoms with Crippen LogP contribution in [0.15, 0.2) is 29.4 Å². The van der Waals surface area contributed by atoms with Crippen molar-refractivity contribution in [3.05, 3.63) is 34.7 Å². The second kappa shape index (κ2) is 8.40. The Bertz CT molecular complexity index is 418. The van der Waals surface area contributed by atoms with E-state index in [1.807, 2.05) is 0 Å². The molecule has 4 nitrogen and oxygen atoms in total. The summed E-state index contributed by atoms with van der Waals surface area (Å²) < 4.78 is 5.28. The predicted molar refractivity (Wildman–Crippen MR) is 75.5 cm³/mol. The highest BCUT2D eigenvalue weighted by Gasteiger charge is 2.15. The van der Waals surface area contributed by atoms with Crippen LogP contribution >= 0.6 is 0 Å². The average Bonchev–Trinajstić information content (AvgIpc) is 2.47. The number of ether oxygens (including phenoxy) is 1. The minimum Gasteiger partial charge on any atom is -0.462 e. The fourth-order valence-corrected chi connectivity index (χ4v) is 1.90. The van der Waals surface area contributed by atoms with E-state index >= 15 is 0 Å². The first-order valence-electron chi connectivity index (χ1n) is 6.82. The number of nitroso groups, excluding NO2 is 1. The molecule has 0 aromatic heterocycles. The number of hydrogen-bond donors (Lipinski definition) is 0. The third kappa shape index (κ3) is 4.81. The maximum Gasteiger partial charge on any atom is 0.340 e. The van der Waals surface area contributed by atoms with E-state index in [1.165, 1.54) is 6.07 Å². The molecule has 104 valence electrons. The highest BCUT2D eigenvalue weighted by Crippen LogP contribution is 2.20. The molecular formula is C15H21NO3. The van der Waals surface area contributed by atoms with Gasteiger partial charge >= 0.3 is 5.97 Å². The summed E-state index contributed by atoms with van der Waals surface area (Å²) in [6, 6.07) is 6.44. The number of carbonyl (C=O) groups is 1. The molecule has 1 unspecified atom stereocenters. The van der Waals surface area contributed by atoms with Crippen molar-refractivity contribution in [1.82, 2.24) is 0 Å². The van der Waals surface area contributed by atoms with Crippen LogP contribution in [0.2, 0.25) is 0 Å². The van der Waals surface area contributed by atoms with Crippen molar-refractivity contribution in [3.63, 3.8) is 0 Å². The Kier molecular flexibility index (Phi) is 6.79. The summed E-state index contributed by atoms with van der Waals surface area (Å²) in [5, 5.41) is 2.84. The van der Waals surface area contributed by atoms with Gasteiger partial charge in [0, 0.05) is 0 Å². The molecule has 1 rings (SSSR count). The maximum atomic E-state index is 11.9. The lowest BCUT2D eigenvalue weighted by atomic mass is 10.0. The molecule has 4 heteroatoms. The molecule has 19 heavy (non-hydrogen) atoms. The Morgan fingerprint density at radius 1 is 1.32 bits per heavy atom. The smallest absolute Gasteiger partial charge is 0.340 e. The van der Waals surface area contributed by atoms with Crippen LogP contribution in [0.4, 0.5) is 5.69 Å². The van der Waals surface area contributed by atoms with E-state index < -0.39 is 5.97 Å². The van der Waals surface area contributed by atoms with Gasteiger partial charge in [0.1, 0.15) is 5.69 Å². The van der Waals surface area contributed by atoms with E-state index in [9.17, 15) is 9.70 Å². The van der Waals surface area contributed by atoms with Gasteiger partial charge in [0.15, 0.2) is 0 Å². The Hall–Kier alpha value is -1.71. The zero-order valence-electron chi connectivity index (χ0n) is 11.6. The molecule has 0 heterocycles. The van der Waals surface area contributed by atoms with Crippen LogP contribution in [-0.4, -0.2) is 12.6 Å². The molecule has 1 atom stereocenters. The summed E-state index contributed by atoms with van der Waals surface area (Å²) in [6.45, 7) is 4.64. The highest BCUT2D eigenvalue weighted by atomic mass is 16.5. The van der Waals surface area contributed by atoms with Crippen molar-refractivity contribution in [1.29, 1.82) is 0 Å². The molecule has 0 bridgehead atoms. The highest BCUT2D eigenvalue weighted by molar-refractivity contribution is 5.94. The number of rotatable bonds is 8. The van der Waals surface area contributed by atoms with Crippen LogP contribution in [0.25, 0.3) is 0 Å². The van der Waals surface area contributed by atoms with E-state index in [4.69, 9.17) is 4.74 Å². The van der Waals surface area contributed by atoms with Gasteiger partial charge in [-0.3, -0.25) is 0 Å². The normalized spacial score (nSPS) is 11.9. The first-order valence-corrected chi connectivity index (χ1v) is 6.82. The number of nitrogens with zero attached hydrogens (tertiary/aromatic N) is 1. The zero-order chi connectivity index (χ0) is 14.1. The number of carbonyl (C=O) groups excluding carboxylic acids is 1. The number of benzene rings is 1. The quantitative estimate of drug-likeness (QED) is 0.514. The monoisotopic (exact) mass is 263 g/mol. The van der Waals surface area contributed by atoms with Crippen molar-refractivity contribution < 1.29 is 9.53 Å². The molecule has 1 aromatic carbocycles. The SMILES string of the molecule is CCCCC(CC)COC(=O)c1ccccc1N=O. The lowest BCUT2D eigenvalue weighted by molar-refractivity contribution is 0.0429. The Morgan fingerprint density at radius 3 is 2.68 bits per heavy atom. The molecule has 0 radical (unpaired) electrons. The van der Waals surface area contributed by atoms with Crippen molar-refractivity contribution in [2.45, 2.75) is 39.5 Å². The third-order valence-electron chi connectivity index (χ3n) is 3.22. The molecule has 0 amide bonds. The van der Waals surface area contributed by atoms with E-state index in [2.05, 4.69) is 19.0 Å². The second-order valence-corrected chi connectivity index (χ2v) is 4.62. The van der Waals surface area contributed by atoms with Gasteiger partial charge in [-0.15, -0.1) is 4.91 Å². The van der Waals surface area contributed by atoms with Gasteiger partial charge in [-0.25, -0.2) is 4.79 Å². The van der Waals surface area contributed by atoms with Gasteiger partial charge in [-0.2, -0.15) is 0 Å². The zero-order valence-corrected chi connectivity index (χ0v) is 11.6. The summed E-state index contributed by atoms with van der Waals surface area (Å²) >= 11 is 0. The third-order valence-corrected chi connectivity index (χ3v) is 3.22. The second-order valence-electron chi connectivity index (χ2n) is 4.62. The van der Waals surface area contributed by atoms with Crippen LogP contribution in [0, 0.1) is 10.8 Å². The first-order chi connectivity index (χ1) is 9.22. The molecule has 0 aliphatic carbocycles. The Balaban J connectivity index is 2.56. The molecule has 0 aliphatic heterocycles. The van der Waals surface area contributed by atoms with E-state index in [1.54, 1.807) is 18.2 Å². The van der Waals surface area contributed by atoms with Crippen LogP contribution in [0.1, 0.15) is 49.9 Å². The standard InChI is InChI=1S/C15H21NO3/c1-3-5-8-12(4-2)11-19-15(17)13-9-6-7-10-14(13)16-18/h6-7,9-10,12H,3-5,8,11H2,1-2H3. The minimum atomic E-state index is -0.467. The molecule has 0 saturated heterocycles. The average molecular weight is 263 g/mol. The molecule has 0 fully saturated rings. The van der Waals surface area contributed by atoms with E-state index in [0.717, 1.165) is 25.7 Å². The van der Waals surface area contributed by atoms with Gasteiger partial charge < -0.3 is 4.74 Å². The van der Waals surface area contributed by atoms with E-state index in [0.29, 0.717) is 12.5 Å². The summed E-state index contributed by atoms with van der Waals surface area (Å²) in [4.78, 5) is 22.5. The van der Waals surface area contributed by atoms with Crippen molar-refractivity contribution in [2.24, 2.45) is 11.1 Å². The van der Waals surface area contributed by atoms with Crippen molar-refractivity contribution >= 4 is 11.7 Å². The van der Waals surface area contributed by atoms with Crippen LogP contribution in [0.3, 0.4) is 0 Å². The Morgan fingerprint density at radius 2 is 2.05 bits per heavy atom. The fourth-order valence-electron chi connectivity index (χ4n) is 1.90. The topological polar surface area (TPSA) is 55.7 Å². The molecule has 1 aromatic rings. The van der Waals surface area contributed by atoms with Gasteiger partial charge in [0.25, 0.3) is 0 Å². The van der Waals surface area contributed by atoms with Crippen LogP contribution in [0.5, 0.6) is 0 Å². The number of hydrogen-bond acceptors (Lipinski definition) is 4. The van der Waals surface area contributed by atoms with Gasteiger partial charge in [0.05, 0.1) is 12.2 Å². The summed E-state index contributed by atoms with van der Waals surface area (Å²) in [5.74, 6) is -0.0783. The molecule has 0 saturated carbocycles. The lowest BCUT2D eigenvalue weighted by Gasteiger charge is -2.14. The van der Waals surface area contributed by atoms with Crippen molar-refractivity contribution in [3.8, 4) is 0 Å². The molecule has 0 aliphatic rings. The molecular weight excluding hydrogens is 242 g/mol. The lowest BCUT2D eigenvalue weighted by Crippen LogP contribution is -2.14. The molecule has 0 N–H and O–H groups in total. The van der Waals surface area contributed by atoms with Crippen LogP contribution < -0.4 is 0 Å². The minimum absolute atomic E-state index is 0.133. The predicted octanol–water partition coefficient (Wildman–Crippen LogP) is 4.46. The van der Waals surface area contributed by atoms with Crippen LogP contribution in [-0.2, 0) is 4.74 Å². The van der Waals surface area contributed by atoms with E-state index in [-0.39, 0.29) is 11.3 Å². The van der Waals surface area contributed by atoms with Gasteiger partial charge in [-0.1, -0.05) is 45.2 Å². The van der Waals surface area contributed by atoms with Crippen molar-refractivity contribution in [2.75, 3.05) is 6.61 Å². The van der Waals surface area contributed by atoms with Gasteiger partial charge in [-0.05, 0) is 29.6 Å². The summed E-state index contributed by atoms with van der Waals surface area (Å²) in [7, 11) is 0. The summed E-state index contributed by atoms with van der Waals surface area (Å²) in [6.07, 6.45) is 4.33. The number of unbranched alkanes of at least 4 members (excludes halogenated alkanes) is 1. The fraction of sp³-hybridized carbons (Fsp3) is 0.533. The summed E-state index contributed by atoms with van der Waals surface area (Å²) in [5.41, 5.74) is 0.372. The maximum absolute atomic E-state index is 11.9. The largest absolute Gasteiger partial charge is 0.462 e. The molecule has 0 spiro atoms. The number of esters is 1. The van der Waals surface area contributed by atoms with Gasteiger partial charge in [0.2, 0.25) is 0 Å².